The maximum Gasteiger partial charge on any atom is 0.324 e. The average Bonchev–Trinajstić information content (AvgIpc) is 3.52. The van der Waals surface area contributed by atoms with Gasteiger partial charge in [-0.15, -0.1) is 0 Å². The number of nitrogens with one attached hydrogen (secondary N) is 2. The van der Waals surface area contributed by atoms with Gasteiger partial charge in [0, 0.05) is 24.7 Å². The predicted molar refractivity (Wildman–Crippen MR) is 149 cm³/mol. The van der Waals surface area contributed by atoms with Gasteiger partial charge < -0.3 is 24.2 Å². The van der Waals surface area contributed by atoms with E-state index in [0.717, 1.165) is 60.8 Å². The van der Waals surface area contributed by atoms with E-state index in [1.807, 2.05) is 30.3 Å². The number of rotatable bonds is 10. The zero-order valence-electron chi connectivity index (χ0n) is 21.4. The molecule has 2 aliphatic heterocycles. The zero-order valence-corrected chi connectivity index (χ0v) is 21.4. The predicted octanol–water partition coefficient (Wildman–Crippen LogP) is 5.31. The first kappa shape index (κ1) is 26.7. The summed E-state index contributed by atoms with van der Waals surface area (Å²) in [7, 11) is 0. The molecule has 0 spiro atoms. The number of nitrogens with zero attached hydrogens (tertiary/aromatic N) is 3. The molecule has 1 fully saturated rings. The molecule has 9 nitrogen and oxygen atoms in total. The summed E-state index contributed by atoms with van der Waals surface area (Å²) in [5, 5.41) is 8.89. The number of aliphatic imine (C=N–C) groups is 1. The van der Waals surface area contributed by atoms with Crippen LogP contribution in [0.1, 0.15) is 24.8 Å². The summed E-state index contributed by atoms with van der Waals surface area (Å²) in [4.78, 5) is 19.2. The highest BCUT2D eigenvalue weighted by Gasteiger charge is 2.26. The van der Waals surface area contributed by atoms with Crippen LogP contribution >= 0.6 is 0 Å². The number of hydrogen-bond donors (Lipinski definition) is 2. The van der Waals surface area contributed by atoms with Crippen LogP contribution in [0.4, 0.5) is 10.6 Å². The molecular weight excluding hydrogens is 482 g/mol. The second-order valence-electron chi connectivity index (χ2n) is 8.78. The van der Waals surface area contributed by atoms with Crippen LogP contribution in [-0.4, -0.2) is 54.2 Å². The maximum atomic E-state index is 12.1. The Bertz CT molecular complexity index is 1230. The van der Waals surface area contributed by atoms with E-state index in [0.29, 0.717) is 24.7 Å². The maximum absolute atomic E-state index is 12.1. The molecule has 3 heterocycles. The van der Waals surface area contributed by atoms with Crippen molar-refractivity contribution in [2.75, 3.05) is 31.6 Å². The van der Waals surface area contributed by atoms with Crippen LogP contribution in [0.15, 0.2) is 102 Å². The lowest BCUT2D eigenvalue weighted by Crippen LogP contribution is -2.27. The summed E-state index contributed by atoms with van der Waals surface area (Å²) < 4.78 is 16.5. The van der Waals surface area contributed by atoms with E-state index in [2.05, 4.69) is 46.5 Å². The Morgan fingerprint density at radius 3 is 2.79 bits per heavy atom. The number of urea groups is 1. The first-order valence-electron chi connectivity index (χ1n) is 12.6. The molecule has 2 amide bonds. The monoisotopic (exact) mass is 515 g/mol. The number of amides is 2. The topological polar surface area (TPSA) is 101 Å². The van der Waals surface area contributed by atoms with Gasteiger partial charge in [-0.25, -0.2) is 9.79 Å². The van der Waals surface area contributed by atoms with Crippen molar-refractivity contribution >= 4 is 23.3 Å². The van der Waals surface area contributed by atoms with E-state index in [1.165, 1.54) is 6.26 Å². The van der Waals surface area contributed by atoms with Crippen LogP contribution in [-0.2, 0) is 4.74 Å². The number of anilines is 1. The minimum atomic E-state index is -0.454. The third-order valence-electron chi connectivity index (χ3n) is 6.11. The molecule has 38 heavy (non-hydrogen) atoms. The smallest absolute Gasteiger partial charge is 0.324 e. The number of carbonyl (C=O) groups is 1. The third kappa shape index (κ3) is 7.33. The molecule has 0 saturated carbocycles. The molecule has 1 unspecified atom stereocenters. The number of hydrogen-bond acceptors (Lipinski definition) is 7. The fourth-order valence-electron chi connectivity index (χ4n) is 4.22. The molecule has 0 bridgehead atoms. The van der Waals surface area contributed by atoms with E-state index in [-0.39, 0.29) is 6.10 Å². The Kier molecular flexibility index (Phi) is 9.31. The summed E-state index contributed by atoms with van der Waals surface area (Å²) >= 11 is 0. The van der Waals surface area contributed by atoms with Gasteiger partial charge in [-0.2, -0.15) is 0 Å². The van der Waals surface area contributed by atoms with Crippen molar-refractivity contribution in [2.24, 2.45) is 4.99 Å². The van der Waals surface area contributed by atoms with Crippen LogP contribution < -0.4 is 15.4 Å². The van der Waals surface area contributed by atoms with Gasteiger partial charge in [-0.3, -0.25) is 5.32 Å². The largest absolute Gasteiger partial charge is 0.489 e. The van der Waals surface area contributed by atoms with Gasteiger partial charge >= 0.3 is 6.03 Å². The highest BCUT2D eigenvalue weighted by Crippen LogP contribution is 2.24. The Balaban J connectivity index is 1.33. The van der Waals surface area contributed by atoms with E-state index < -0.39 is 6.03 Å². The van der Waals surface area contributed by atoms with E-state index >= 15 is 0 Å². The number of allylic oxidation sites excluding steroid dienone is 3. The van der Waals surface area contributed by atoms with Crippen molar-refractivity contribution < 1.29 is 18.8 Å². The molecule has 2 N–H and O–H groups in total. The lowest BCUT2D eigenvalue weighted by Gasteiger charge is -2.20. The quantitative estimate of drug-likeness (QED) is 0.328. The summed E-state index contributed by atoms with van der Waals surface area (Å²) in [5.41, 5.74) is 3.25. The van der Waals surface area contributed by atoms with E-state index in [4.69, 9.17) is 19.0 Å². The third-order valence-corrected chi connectivity index (χ3v) is 6.11. The van der Waals surface area contributed by atoms with Gasteiger partial charge in [0.05, 0.1) is 25.5 Å². The van der Waals surface area contributed by atoms with Gasteiger partial charge in [0.15, 0.2) is 5.82 Å². The summed E-state index contributed by atoms with van der Waals surface area (Å²) in [6.45, 7) is 14.7. The van der Waals surface area contributed by atoms with Gasteiger partial charge in [-0.1, -0.05) is 37.0 Å². The first-order chi connectivity index (χ1) is 18.6. The molecule has 1 aromatic heterocycles. The molecule has 4 rings (SSSR count). The van der Waals surface area contributed by atoms with E-state index in [9.17, 15) is 4.79 Å². The second-order valence-corrected chi connectivity index (χ2v) is 8.78. The fourth-order valence-corrected chi connectivity index (χ4v) is 4.22. The number of likely N-dealkylation sites (tertiary alicyclic amines) is 1. The van der Waals surface area contributed by atoms with Crippen molar-refractivity contribution in [2.45, 2.75) is 25.4 Å². The molecule has 198 valence electrons. The van der Waals surface area contributed by atoms with Gasteiger partial charge in [0.25, 0.3) is 0 Å². The van der Waals surface area contributed by atoms with Crippen molar-refractivity contribution in [3.63, 3.8) is 0 Å². The summed E-state index contributed by atoms with van der Waals surface area (Å²) in [5.74, 6) is 1.90. The van der Waals surface area contributed by atoms with Crippen molar-refractivity contribution in [3.05, 3.63) is 97.6 Å². The highest BCUT2D eigenvalue weighted by atomic mass is 16.5. The second kappa shape index (κ2) is 13.3. The lowest BCUT2D eigenvalue weighted by atomic mass is 10.1. The molecule has 0 aliphatic carbocycles. The van der Waals surface area contributed by atoms with Crippen LogP contribution in [0.25, 0.3) is 5.70 Å². The minimum absolute atomic E-state index is 0.0107. The number of aromatic nitrogens is 1. The summed E-state index contributed by atoms with van der Waals surface area (Å²) in [6.07, 6.45) is 11.6. The van der Waals surface area contributed by atoms with Gasteiger partial charge in [-0.05, 0) is 60.4 Å². The van der Waals surface area contributed by atoms with Crippen LogP contribution in [0.5, 0.6) is 5.75 Å². The molecule has 2 aliphatic rings. The molecule has 2 aromatic rings. The molecule has 1 aromatic carbocycles. The normalized spacial score (nSPS) is 18.3. The average molecular weight is 516 g/mol. The molecular formula is C29H33N5O4. The Hall–Kier alpha value is -4.37. The lowest BCUT2D eigenvalue weighted by molar-refractivity contribution is 0.147. The number of ether oxygens (including phenoxy) is 2. The Morgan fingerprint density at radius 2 is 2.05 bits per heavy atom. The fraction of sp³-hybridized carbons (Fsp3) is 0.276. The van der Waals surface area contributed by atoms with Crippen molar-refractivity contribution in [1.29, 1.82) is 0 Å². The van der Waals surface area contributed by atoms with Gasteiger partial charge in [0.2, 0.25) is 0 Å². The Labute approximate surface area is 222 Å². The number of benzene rings is 1. The number of carbonyl (C=O) groups excluding carboxylic acids is 1. The molecule has 0 radical (unpaired) electrons. The SMILES string of the molecule is C=CC=C(N=C(C=C)C1=CCCOCC1)N1CCC(Oc2ccc(C(=C)NC(=O)Nc3ccon3)cc2)C1. The molecule has 1 atom stereocenters. The molecule has 1 saturated heterocycles. The standard InChI is InChI=1S/C29H33N5O4/c1-4-7-28(31-26(5-2)23-8-6-17-36-18-14-23)34-16-13-25(20-34)38-24-11-9-22(10-12-24)21(3)30-29(35)32-27-15-19-37-33-27/h4-5,7-12,15,19,25H,1-3,6,13-14,16-18,20H2,(H2,30,32,33,35). The summed E-state index contributed by atoms with van der Waals surface area (Å²) in [6, 6.07) is 8.54. The van der Waals surface area contributed by atoms with Crippen molar-refractivity contribution in [1.82, 2.24) is 15.4 Å². The molecule has 9 heteroatoms. The van der Waals surface area contributed by atoms with Crippen LogP contribution in [0, 0.1) is 0 Å². The van der Waals surface area contributed by atoms with Gasteiger partial charge in [0.1, 0.15) is 23.9 Å². The zero-order chi connectivity index (χ0) is 26.7. The van der Waals surface area contributed by atoms with Crippen molar-refractivity contribution in [3.8, 4) is 5.75 Å². The van der Waals surface area contributed by atoms with Crippen LogP contribution in [0.2, 0.25) is 0 Å². The first-order valence-corrected chi connectivity index (χ1v) is 12.6. The highest BCUT2D eigenvalue weighted by molar-refractivity contribution is 6.08. The Morgan fingerprint density at radius 1 is 1.21 bits per heavy atom. The van der Waals surface area contributed by atoms with Crippen LogP contribution in [0.3, 0.4) is 0 Å². The van der Waals surface area contributed by atoms with E-state index in [1.54, 1.807) is 18.2 Å². The minimum Gasteiger partial charge on any atom is -0.489 e.